The lowest BCUT2D eigenvalue weighted by atomic mass is 10.00. The maximum atomic E-state index is 5.65. The van der Waals surface area contributed by atoms with E-state index in [1.54, 1.807) is 6.26 Å². The summed E-state index contributed by atoms with van der Waals surface area (Å²) < 4.78 is 5.45. The summed E-state index contributed by atoms with van der Waals surface area (Å²) in [5, 5.41) is 0. The Balaban J connectivity index is 2.55. The van der Waals surface area contributed by atoms with Crippen LogP contribution in [-0.2, 0) is 4.74 Å². The summed E-state index contributed by atoms with van der Waals surface area (Å²) in [5.74, 6) is 0.527. The van der Waals surface area contributed by atoms with Crippen molar-refractivity contribution in [2.24, 2.45) is 11.7 Å². The molecule has 13 heavy (non-hydrogen) atoms. The Morgan fingerprint density at radius 3 is 2.92 bits per heavy atom. The summed E-state index contributed by atoms with van der Waals surface area (Å²) in [4.78, 5) is 0. The van der Waals surface area contributed by atoms with Crippen molar-refractivity contribution in [3.63, 3.8) is 0 Å². The fourth-order valence-corrected chi connectivity index (χ4v) is 1.41. The molecule has 0 saturated heterocycles. The van der Waals surface area contributed by atoms with Gasteiger partial charge in [-0.05, 0) is 30.9 Å². The lowest BCUT2D eigenvalue weighted by molar-refractivity contribution is 0.164. The first kappa shape index (κ1) is 10.3. The standard InChI is InChI=1S/C11H19NO/c1-9(2)10(8-12)7-11-5-3-4-6-13-11/h4,6-7,9,11H,3,5,8,12H2,1-2H3. The van der Waals surface area contributed by atoms with E-state index in [-0.39, 0.29) is 6.10 Å². The van der Waals surface area contributed by atoms with E-state index in [4.69, 9.17) is 10.5 Å². The van der Waals surface area contributed by atoms with Crippen molar-refractivity contribution in [1.82, 2.24) is 0 Å². The Hall–Kier alpha value is -0.760. The van der Waals surface area contributed by atoms with Crippen LogP contribution in [0.2, 0.25) is 0 Å². The molecule has 0 radical (unpaired) electrons. The second kappa shape index (κ2) is 5.07. The van der Waals surface area contributed by atoms with Crippen LogP contribution in [0.3, 0.4) is 0 Å². The van der Waals surface area contributed by atoms with Crippen molar-refractivity contribution >= 4 is 0 Å². The van der Waals surface area contributed by atoms with E-state index in [9.17, 15) is 0 Å². The van der Waals surface area contributed by atoms with Gasteiger partial charge in [0.25, 0.3) is 0 Å². The molecular formula is C11H19NO. The fourth-order valence-electron chi connectivity index (χ4n) is 1.41. The summed E-state index contributed by atoms with van der Waals surface area (Å²) in [6.45, 7) is 4.97. The van der Waals surface area contributed by atoms with E-state index >= 15 is 0 Å². The normalized spacial score (nSPS) is 23.4. The second-order valence-corrected chi connectivity index (χ2v) is 3.72. The zero-order valence-electron chi connectivity index (χ0n) is 8.49. The third-order valence-electron chi connectivity index (χ3n) is 2.34. The molecule has 2 nitrogen and oxygen atoms in total. The molecule has 0 aliphatic carbocycles. The van der Waals surface area contributed by atoms with Crippen LogP contribution in [0.4, 0.5) is 0 Å². The Kier molecular flexibility index (Phi) is 4.03. The van der Waals surface area contributed by atoms with Crippen LogP contribution in [0.15, 0.2) is 24.0 Å². The molecule has 0 amide bonds. The van der Waals surface area contributed by atoms with Gasteiger partial charge in [0.05, 0.1) is 6.26 Å². The number of hydrogen-bond donors (Lipinski definition) is 1. The minimum atomic E-state index is 0.242. The minimum Gasteiger partial charge on any atom is -0.494 e. The summed E-state index contributed by atoms with van der Waals surface area (Å²) in [7, 11) is 0. The largest absolute Gasteiger partial charge is 0.494 e. The zero-order valence-corrected chi connectivity index (χ0v) is 8.49. The van der Waals surface area contributed by atoms with E-state index in [0.29, 0.717) is 12.5 Å². The molecule has 1 rings (SSSR count). The molecule has 0 saturated carbocycles. The van der Waals surface area contributed by atoms with Crippen molar-refractivity contribution in [3.05, 3.63) is 24.0 Å². The van der Waals surface area contributed by atoms with Crippen LogP contribution < -0.4 is 5.73 Å². The monoisotopic (exact) mass is 181 g/mol. The summed E-state index contributed by atoms with van der Waals surface area (Å²) in [6.07, 6.45) is 8.45. The average Bonchev–Trinajstić information content (AvgIpc) is 2.15. The molecule has 74 valence electrons. The Morgan fingerprint density at radius 2 is 2.46 bits per heavy atom. The van der Waals surface area contributed by atoms with E-state index in [1.807, 2.05) is 0 Å². The van der Waals surface area contributed by atoms with E-state index in [1.165, 1.54) is 5.57 Å². The first-order valence-electron chi connectivity index (χ1n) is 4.95. The van der Waals surface area contributed by atoms with Crippen LogP contribution in [0, 0.1) is 5.92 Å². The molecule has 0 fully saturated rings. The molecule has 0 bridgehead atoms. The van der Waals surface area contributed by atoms with Crippen molar-refractivity contribution in [3.8, 4) is 0 Å². The maximum Gasteiger partial charge on any atom is 0.117 e. The van der Waals surface area contributed by atoms with Crippen LogP contribution in [0.25, 0.3) is 0 Å². The number of ether oxygens (including phenoxy) is 1. The third kappa shape index (κ3) is 3.23. The maximum absolute atomic E-state index is 5.65. The molecule has 0 aromatic carbocycles. The highest BCUT2D eigenvalue weighted by Gasteiger charge is 2.10. The van der Waals surface area contributed by atoms with Crippen LogP contribution in [0.5, 0.6) is 0 Å². The highest BCUT2D eigenvalue weighted by atomic mass is 16.5. The van der Waals surface area contributed by atoms with Crippen LogP contribution in [0.1, 0.15) is 26.7 Å². The first-order chi connectivity index (χ1) is 6.24. The number of rotatable bonds is 3. The molecule has 2 heteroatoms. The van der Waals surface area contributed by atoms with Gasteiger partial charge in [-0.3, -0.25) is 0 Å². The van der Waals surface area contributed by atoms with E-state index in [0.717, 1.165) is 12.8 Å². The van der Waals surface area contributed by atoms with Gasteiger partial charge in [-0.15, -0.1) is 0 Å². The van der Waals surface area contributed by atoms with Crippen molar-refractivity contribution in [2.45, 2.75) is 32.8 Å². The fraction of sp³-hybridized carbons (Fsp3) is 0.636. The Morgan fingerprint density at radius 1 is 1.69 bits per heavy atom. The summed E-state index contributed by atoms with van der Waals surface area (Å²) >= 11 is 0. The Labute approximate surface area is 80.5 Å². The summed E-state index contributed by atoms with van der Waals surface area (Å²) in [6, 6.07) is 0. The molecule has 1 aliphatic rings. The van der Waals surface area contributed by atoms with Gasteiger partial charge in [-0.25, -0.2) is 0 Å². The molecule has 1 atom stereocenters. The highest BCUT2D eigenvalue weighted by Crippen LogP contribution is 2.16. The smallest absolute Gasteiger partial charge is 0.117 e. The van der Waals surface area contributed by atoms with Crippen molar-refractivity contribution in [2.75, 3.05) is 6.54 Å². The molecule has 1 unspecified atom stereocenters. The van der Waals surface area contributed by atoms with E-state index in [2.05, 4.69) is 26.0 Å². The van der Waals surface area contributed by atoms with Gasteiger partial charge >= 0.3 is 0 Å². The van der Waals surface area contributed by atoms with Crippen molar-refractivity contribution < 1.29 is 4.74 Å². The SMILES string of the molecule is CC(C)C(=CC1CCC=CO1)CN. The number of nitrogens with two attached hydrogens (primary N) is 1. The highest BCUT2D eigenvalue weighted by molar-refractivity contribution is 5.10. The predicted molar refractivity (Wildman–Crippen MR) is 55.2 cm³/mol. The van der Waals surface area contributed by atoms with Gasteiger partial charge in [0.2, 0.25) is 0 Å². The topological polar surface area (TPSA) is 35.2 Å². The Bertz CT molecular complexity index is 206. The molecular weight excluding hydrogens is 162 g/mol. The van der Waals surface area contributed by atoms with E-state index < -0.39 is 0 Å². The predicted octanol–water partition coefficient (Wildman–Crippen LogP) is 2.22. The third-order valence-corrected chi connectivity index (χ3v) is 2.34. The molecule has 1 aliphatic heterocycles. The second-order valence-electron chi connectivity index (χ2n) is 3.72. The van der Waals surface area contributed by atoms with Crippen LogP contribution >= 0.6 is 0 Å². The molecule has 0 spiro atoms. The van der Waals surface area contributed by atoms with Gasteiger partial charge in [-0.1, -0.05) is 19.4 Å². The van der Waals surface area contributed by atoms with Gasteiger partial charge in [0.15, 0.2) is 0 Å². The van der Waals surface area contributed by atoms with Crippen molar-refractivity contribution in [1.29, 1.82) is 0 Å². The lowest BCUT2D eigenvalue weighted by Crippen LogP contribution is -2.15. The van der Waals surface area contributed by atoms with Gasteiger partial charge in [-0.2, -0.15) is 0 Å². The van der Waals surface area contributed by atoms with Crippen LogP contribution in [-0.4, -0.2) is 12.6 Å². The molecule has 0 aromatic rings. The minimum absolute atomic E-state index is 0.242. The molecule has 2 N–H and O–H groups in total. The summed E-state index contributed by atoms with van der Waals surface area (Å²) in [5.41, 5.74) is 6.94. The lowest BCUT2D eigenvalue weighted by Gasteiger charge is -2.18. The first-order valence-corrected chi connectivity index (χ1v) is 4.95. The average molecular weight is 181 g/mol. The van der Waals surface area contributed by atoms with Gasteiger partial charge in [0.1, 0.15) is 6.10 Å². The van der Waals surface area contributed by atoms with Gasteiger partial charge < -0.3 is 10.5 Å². The molecule has 1 heterocycles. The zero-order chi connectivity index (χ0) is 9.68. The molecule has 0 aromatic heterocycles. The quantitative estimate of drug-likeness (QED) is 0.677. The number of hydrogen-bond acceptors (Lipinski definition) is 2. The number of allylic oxidation sites excluding steroid dienone is 1. The van der Waals surface area contributed by atoms with Gasteiger partial charge in [0, 0.05) is 6.54 Å².